The van der Waals surface area contributed by atoms with Crippen molar-refractivity contribution < 1.29 is 72.4 Å². The Morgan fingerprint density at radius 2 is 1.52 bits per heavy atom. The highest BCUT2D eigenvalue weighted by Crippen LogP contribution is 2.42. The summed E-state index contributed by atoms with van der Waals surface area (Å²) in [6, 6.07) is 9.43. The van der Waals surface area contributed by atoms with Gasteiger partial charge in [-0.2, -0.15) is 0 Å². The quantitative estimate of drug-likeness (QED) is 0.103. The number of rotatable bonds is 13. The van der Waals surface area contributed by atoms with Gasteiger partial charge in [0.25, 0.3) is 0 Å². The molecule has 0 unspecified atom stereocenters. The first-order valence-electron chi connectivity index (χ1n) is 23.5. The fourth-order valence-corrected chi connectivity index (χ4v) is 10.2. The average Bonchev–Trinajstić information content (AvgIpc) is 3.24. The number of nitrogens with zero attached hydrogens (tertiary/aromatic N) is 2. The minimum Gasteiger partial charge on any atom is -0.459 e. The predicted molar refractivity (Wildman–Crippen MR) is 244 cm³/mol. The van der Waals surface area contributed by atoms with Gasteiger partial charge in [0.2, 0.25) is 0 Å². The number of hydrogen-bond acceptors (Lipinski definition) is 17. The van der Waals surface area contributed by atoms with Crippen LogP contribution in [0.4, 0.5) is 0 Å². The molecule has 3 N–H and O–H groups in total. The molecule has 0 spiro atoms. The molecule has 3 heterocycles. The molecule has 0 aromatic heterocycles. The first kappa shape index (κ1) is 55.3. The zero-order valence-corrected chi connectivity index (χ0v) is 41.9. The Kier molecular flexibility index (Phi) is 19.6. The molecule has 66 heavy (non-hydrogen) atoms. The van der Waals surface area contributed by atoms with Crippen LogP contribution < -0.4 is 0 Å². The summed E-state index contributed by atoms with van der Waals surface area (Å²) in [4.78, 5) is 47.3. The molecule has 17 nitrogen and oxygen atoms in total. The Hall–Kier alpha value is -3.26. The molecule has 376 valence electrons. The minimum atomic E-state index is -1.98. The second kappa shape index (κ2) is 23.4. The Labute approximate surface area is 392 Å². The van der Waals surface area contributed by atoms with Crippen LogP contribution in [0.3, 0.4) is 0 Å². The lowest BCUT2D eigenvalue weighted by atomic mass is 9.73. The third-order valence-corrected chi connectivity index (χ3v) is 13.9. The predicted octanol–water partition coefficient (Wildman–Crippen LogP) is 4.97. The van der Waals surface area contributed by atoms with Crippen molar-refractivity contribution in [1.29, 1.82) is 0 Å². The number of oxime groups is 1. The van der Waals surface area contributed by atoms with Crippen LogP contribution in [0.5, 0.6) is 0 Å². The van der Waals surface area contributed by atoms with Crippen molar-refractivity contribution in [2.75, 3.05) is 27.8 Å². The maximum atomic E-state index is 14.6. The van der Waals surface area contributed by atoms with Crippen LogP contribution in [0.1, 0.15) is 114 Å². The van der Waals surface area contributed by atoms with Gasteiger partial charge in [-0.15, -0.1) is 0 Å². The lowest BCUT2D eigenvalue weighted by Gasteiger charge is -2.49. The number of carbonyl (C=O) groups is 3. The van der Waals surface area contributed by atoms with E-state index in [1.54, 1.807) is 48.5 Å². The van der Waals surface area contributed by atoms with Crippen molar-refractivity contribution in [3.05, 3.63) is 35.9 Å². The summed E-state index contributed by atoms with van der Waals surface area (Å²) in [5.41, 5.74) is -3.48. The summed E-state index contributed by atoms with van der Waals surface area (Å²) < 4.78 is 50.4. The summed E-state index contributed by atoms with van der Waals surface area (Å²) in [6.07, 6.45) is -8.87. The molecule has 1 aromatic rings. The highest BCUT2D eigenvalue weighted by molar-refractivity contribution is 5.88. The van der Waals surface area contributed by atoms with Crippen LogP contribution >= 0.6 is 0 Å². The number of aliphatic hydroxyl groups is 3. The number of benzene rings is 1. The molecule has 0 amide bonds. The zero-order chi connectivity index (χ0) is 49.5. The molecule has 0 bridgehead atoms. The Balaban J connectivity index is 1.90. The smallest absolute Gasteiger partial charge is 0.311 e. The van der Waals surface area contributed by atoms with E-state index in [9.17, 15) is 29.7 Å². The van der Waals surface area contributed by atoms with Gasteiger partial charge in [0.1, 0.15) is 23.9 Å². The van der Waals surface area contributed by atoms with Crippen LogP contribution in [-0.4, -0.2) is 156 Å². The number of likely N-dealkylation sites (N-methyl/N-ethyl adjacent to an activating group) is 1. The third-order valence-electron chi connectivity index (χ3n) is 13.9. The number of methoxy groups -OCH3 is 1. The first-order chi connectivity index (χ1) is 30.8. The van der Waals surface area contributed by atoms with Gasteiger partial charge in [0.15, 0.2) is 24.8 Å². The lowest BCUT2D eigenvalue weighted by Crippen LogP contribution is -2.62. The Morgan fingerprint density at radius 3 is 2.09 bits per heavy atom. The van der Waals surface area contributed by atoms with Crippen LogP contribution in [-0.2, 0) is 63.5 Å². The normalized spacial score (nSPS) is 41.4. The fraction of sp³-hybridized carbons (Fsp3) is 0.796. The summed E-state index contributed by atoms with van der Waals surface area (Å²) >= 11 is 0. The highest BCUT2D eigenvalue weighted by atomic mass is 16.7. The molecular formula is C49H80N2O15. The van der Waals surface area contributed by atoms with E-state index < -0.39 is 114 Å². The topological polar surface area (TPSA) is 211 Å². The van der Waals surface area contributed by atoms with Gasteiger partial charge in [0, 0.05) is 51.6 Å². The van der Waals surface area contributed by atoms with Crippen molar-refractivity contribution >= 4 is 23.6 Å². The van der Waals surface area contributed by atoms with Crippen LogP contribution in [0.2, 0.25) is 0 Å². The van der Waals surface area contributed by atoms with E-state index in [-0.39, 0.29) is 38.0 Å². The SMILES string of the molecule is CC[C@H]1OC(=O)[C@H](C)[C@@H](O[C@H]2C[C@@](C)(OC)[C@@H](OC(C)=O)[C@H](C)O2)[C@H](C)[C@@H](O[C@@H]2O[C@H](C)C[C@H](N(C)C)[C@H]2OC(C)=O)[C@@](C)(O)C[C@@H](C)/C(=N/OCCc2ccccc2)[C@H](C)[C@@H](O)[C@]1(C)O. The first-order valence-corrected chi connectivity index (χ1v) is 23.5. The number of cyclic esters (lactones) is 1. The van der Waals surface area contributed by atoms with E-state index in [4.69, 9.17) is 42.7 Å². The van der Waals surface area contributed by atoms with E-state index in [1.165, 1.54) is 27.9 Å². The van der Waals surface area contributed by atoms with E-state index in [0.29, 0.717) is 18.6 Å². The molecule has 0 aliphatic carbocycles. The Bertz CT molecular complexity index is 1760. The van der Waals surface area contributed by atoms with Crippen LogP contribution in [0.25, 0.3) is 0 Å². The van der Waals surface area contributed by atoms with E-state index >= 15 is 0 Å². The zero-order valence-electron chi connectivity index (χ0n) is 41.9. The highest BCUT2D eigenvalue weighted by Gasteiger charge is 2.54. The summed E-state index contributed by atoms with van der Waals surface area (Å²) in [6.45, 7) is 20.0. The van der Waals surface area contributed by atoms with Crippen molar-refractivity contribution in [3.8, 4) is 0 Å². The second-order valence-electron chi connectivity index (χ2n) is 19.8. The number of esters is 3. The monoisotopic (exact) mass is 937 g/mol. The molecule has 3 saturated heterocycles. The molecule has 0 saturated carbocycles. The number of ether oxygens (including phenoxy) is 8. The fourth-order valence-electron chi connectivity index (χ4n) is 10.2. The van der Waals surface area contributed by atoms with Crippen molar-refractivity contribution in [3.63, 3.8) is 0 Å². The molecule has 18 atom stereocenters. The van der Waals surface area contributed by atoms with Gasteiger partial charge >= 0.3 is 17.9 Å². The number of aliphatic hydroxyl groups excluding tert-OH is 1. The van der Waals surface area contributed by atoms with Gasteiger partial charge in [0.05, 0.1) is 53.8 Å². The van der Waals surface area contributed by atoms with Gasteiger partial charge in [-0.3, -0.25) is 14.4 Å². The van der Waals surface area contributed by atoms with E-state index in [2.05, 4.69) is 5.16 Å². The maximum absolute atomic E-state index is 14.6. The van der Waals surface area contributed by atoms with E-state index in [1.807, 2.05) is 63.2 Å². The minimum absolute atomic E-state index is 0.0365. The molecule has 1 aromatic carbocycles. The van der Waals surface area contributed by atoms with Crippen molar-refractivity contribution in [2.45, 2.75) is 199 Å². The van der Waals surface area contributed by atoms with E-state index in [0.717, 1.165) is 5.56 Å². The molecule has 3 fully saturated rings. The standard InChI is InChI=1S/C49H80N2O15/c1-16-37-49(12,57)42(54)29(4)39(50-59-23-22-35-20-18-17-19-21-35)27(2)25-47(10,56)43(66-46-41(62-33(8)52)36(51(13)14)24-28(3)60-46)30(5)40(31(6)45(55)64-37)65-38-26-48(11,58-15)44(32(7)61-38)63-34(9)53/h17-21,27-32,36-38,40-44,46,54,56-57H,16,22-26H2,1-15H3/b50-39-/t27-,28-,29+,30+,31-,32+,36+,37-,38+,40+,41-,42-,43-,44+,46+,47+,48-,49-/m1/s1. The molecule has 4 rings (SSSR count). The molecule has 3 aliphatic rings. The molecule has 0 radical (unpaired) electrons. The Morgan fingerprint density at radius 1 is 0.879 bits per heavy atom. The number of hydrogen-bond donors (Lipinski definition) is 3. The van der Waals surface area contributed by atoms with Gasteiger partial charge < -0.3 is 63.0 Å². The average molecular weight is 937 g/mol. The molecular weight excluding hydrogens is 857 g/mol. The number of carbonyl (C=O) groups excluding carboxylic acids is 3. The largest absolute Gasteiger partial charge is 0.459 e. The van der Waals surface area contributed by atoms with Gasteiger partial charge in [-0.05, 0) is 80.5 Å². The third kappa shape index (κ3) is 13.5. The molecule has 17 heteroatoms. The molecule has 3 aliphatic heterocycles. The summed E-state index contributed by atoms with van der Waals surface area (Å²) in [5.74, 6) is -5.30. The van der Waals surface area contributed by atoms with Crippen molar-refractivity contribution in [2.24, 2.45) is 28.8 Å². The second-order valence-corrected chi connectivity index (χ2v) is 19.8. The van der Waals surface area contributed by atoms with Crippen molar-refractivity contribution in [1.82, 2.24) is 4.90 Å². The summed E-state index contributed by atoms with van der Waals surface area (Å²) in [7, 11) is 5.25. The van der Waals surface area contributed by atoms with Crippen LogP contribution in [0.15, 0.2) is 35.5 Å². The summed E-state index contributed by atoms with van der Waals surface area (Å²) in [5, 5.41) is 41.9. The van der Waals surface area contributed by atoms with Gasteiger partial charge in [-0.1, -0.05) is 63.2 Å². The lowest BCUT2D eigenvalue weighted by molar-refractivity contribution is -0.319. The van der Waals surface area contributed by atoms with Gasteiger partial charge in [-0.25, -0.2) is 0 Å². The maximum Gasteiger partial charge on any atom is 0.311 e. The van der Waals surface area contributed by atoms with Crippen LogP contribution in [0, 0.1) is 23.7 Å².